The number of hydrogen-bond donors (Lipinski definition) is 2. The number of amides is 1. The second-order valence-electron chi connectivity index (χ2n) is 8.03. The highest BCUT2D eigenvalue weighted by atomic mass is 79.9. The number of aliphatic hydroxyl groups is 1. The highest BCUT2D eigenvalue weighted by Crippen LogP contribution is 2.40. The first-order valence-corrected chi connectivity index (χ1v) is 11.7. The normalized spacial score (nSPS) is 17.0. The lowest BCUT2D eigenvalue weighted by molar-refractivity contribution is -0.139. The van der Waals surface area contributed by atoms with Crippen LogP contribution in [0.3, 0.4) is 0 Å². The maximum Gasteiger partial charge on any atom is 0.295 e. The fourth-order valence-electron chi connectivity index (χ4n) is 4.20. The van der Waals surface area contributed by atoms with Crippen LogP contribution in [0.4, 0.5) is 0 Å². The molecule has 3 aromatic carbocycles. The standard InChI is InChI=1S/C27H24BrNO6/c1-34-21-11-6-16(14-22(21)35-2)12-13-29-24(18-4-3-5-20(30)15-18)23(26(32)27(29)33)25(31)17-7-9-19(28)10-8-17/h3-11,14-15,24,30-31H,12-13H2,1-2H3/b25-23-. The smallest absolute Gasteiger partial charge is 0.295 e. The number of aromatic hydroxyl groups is 1. The van der Waals surface area contributed by atoms with Crippen molar-refractivity contribution in [3.05, 3.63) is 93.5 Å². The van der Waals surface area contributed by atoms with Gasteiger partial charge in [-0.25, -0.2) is 0 Å². The first-order chi connectivity index (χ1) is 16.8. The third-order valence-electron chi connectivity index (χ3n) is 5.93. The predicted molar refractivity (Wildman–Crippen MR) is 135 cm³/mol. The molecule has 180 valence electrons. The molecular formula is C27H24BrNO6. The molecule has 3 aromatic rings. The average molecular weight is 538 g/mol. The summed E-state index contributed by atoms with van der Waals surface area (Å²) < 4.78 is 11.5. The molecule has 0 spiro atoms. The summed E-state index contributed by atoms with van der Waals surface area (Å²) in [5.74, 6) is -0.601. The predicted octanol–water partition coefficient (Wildman–Crippen LogP) is 4.84. The van der Waals surface area contributed by atoms with Crippen LogP contribution >= 0.6 is 15.9 Å². The lowest BCUT2D eigenvalue weighted by atomic mass is 9.95. The Bertz CT molecular complexity index is 1300. The number of rotatable bonds is 7. The number of phenolic OH excluding ortho intramolecular Hbond substituents is 1. The molecule has 0 radical (unpaired) electrons. The van der Waals surface area contributed by atoms with Crippen LogP contribution in [-0.2, 0) is 16.0 Å². The molecule has 35 heavy (non-hydrogen) atoms. The number of hydrogen-bond acceptors (Lipinski definition) is 6. The number of phenols is 1. The van der Waals surface area contributed by atoms with E-state index in [2.05, 4.69) is 15.9 Å². The van der Waals surface area contributed by atoms with Gasteiger partial charge in [-0.1, -0.05) is 46.3 Å². The molecule has 4 rings (SSSR count). The summed E-state index contributed by atoms with van der Waals surface area (Å²) >= 11 is 3.36. The van der Waals surface area contributed by atoms with Crippen LogP contribution in [0.15, 0.2) is 76.8 Å². The molecular weight excluding hydrogens is 514 g/mol. The van der Waals surface area contributed by atoms with Gasteiger partial charge in [0.05, 0.1) is 25.8 Å². The number of methoxy groups -OCH3 is 2. The molecule has 7 nitrogen and oxygen atoms in total. The number of likely N-dealkylation sites (tertiary alicyclic amines) is 1. The van der Waals surface area contributed by atoms with Crippen molar-refractivity contribution in [1.82, 2.24) is 4.90 Å². The van der Waals surface area contributed by atoms with E-state index in [4.69, 9.17) is 9.47 Å². The van der Waals surface area contributed by atoms with E-state index in [1.807, 2.05) is 12.1 Å². The minimum atomic E-state index is -0.856. The number of nitrogens with zero attached hydrogens (tertiary/aromatic N) is 1. The summed E-state index contributed by atoms with van der Waals surface area (Å²) in [6.45, 7) is 0.206. The highest BCUT2D eigenvalue weighted by molar-refractivity contribution is 9.10. The molecule has 0 aromatic heterocycles. The Morgan fingerprint density at radius 3 is 2.34 bits per heavy atom. The number of ketones is 1. The number of halogens is 1. The molecule has 8 heteroatoms. The van der Waals surface area contributed by atoms with Crippen molar-refractivity contribution in [3.8, 4) is 17.2 Å². The second kappa shape index (κ2) is 10.2. The number of benzene rings is 3. The average Bonchev–Trinajstić information content (AvgIpc) is 3.12. The summed E-state index contributed by atoms with van der Waals surface area (Å²) in [7, 11) is 3.10. The van der Waals surface area contributed by atoms with Crippen LogP contribution in [-0.4, -0.2) is 47.6 Å². The lowest BCUT2D eigenvalue weighted by Gasteiger charge is -2.25. The van der Waals surface area contributed by atoms with Crippen LogP contribution in [0.25, 0.3) is 5.76 Å². The van der Waals surface area contributed by atoms with E-state index >= 15 is 0 Å². The fourth-order valence-corrected chi connectivity index (χ4v) is 4.47. The van der Waals surface area contributed by atoms with E-state index in [9.17, 15) is 19.8 Å². The van der Waals surface area contributed by atoms with Crippen LogP contribution < -0.4 is 9.47 Å². The summed E-state index contributed by atoms with van der Waals surface area (Å²) in [6.07, 6.45) is 0.432. The van der Waals surface area contributed by atoms with E-state index < -0.39 is 17.7 Å². The van der Waals surface area contributed by atoms with Crippen molar-refractivity contribution in [2.75, 3.05) is 20.8 Å². The Balaban J connectivity index is 1.74. The van der Waals surface area contributed by atoms with E-state index in [-0.39, 0.29) is 23.6 Å². The van der Waals surface area contributed by atoms with Gasteiger partial charge in [-0.05, 0) is 53.9 Å². The molecule has 1 aliphatic heterocycles. The Hall–Kier alpha value is -3.78. The number of aliphatic hydroxyl groups excluding tert-OH is 1. The third kappa shape index (κ3) is 4.88. The van der Waals surface area contributed by atoms with Gasteiger partial charge >= 0.3 is 0 Å². The zero-order chi connectivity index (χ0) is 25.1. The van der Waals surface area contributed by atoms with Gasteiger partial charge in [0, 0.05) is 16.6 Å². The topological polar surface area (TPSA) is 96.3 Å². The summed E-state index contributed by atoms with van der Waals surface area (Å²) in [4.78, 5) is 27.7. The van der Waals surface area contributed by atoms with Crippen molar-refractivity contribution in [3.63, 3.8) is 0 Å². The monoisotopic (exact) mass is 537 g/mol. The largest absolute Gasteiger partial charge is 0.508 e. The van der Waals surface area contributed by atoms with Crippen molar-refractivity contribution in [2.45, 2.75) is 12.5 Å². The van der Waals surface area contributed by atoms with Gasteiger partial charge in [0.15, 0.2) is 11.5 Å². The van der Waals surface area contributed by atoms with Gasteiger partial charge in [0.1, 0.15) is 11.5 Å². The van der Waals surface area contributed by atoms with Crippen molar-refractivity contribution in [1.29, 1.82) is 0 Å². The molecule has 2 N–H and O–H groups in total. The quantitative estimate of drug-likeness (QED) is 0.254. The molecule has 0 bridgehead atoms. The van der Waals surface area contributed by atoms with Crippen molar-refractivity contribution < 1.29 is 29.3 Å². The first kappa shape index (κ1) is 24.3. The number of ether oxygens (including phenoxy) is 2. The highest BCUT2D eigenvalue weighted by Gasteiger charge is 2.45. The molecule has 1 unspecified atom stereocenters. The first-order valence-electron chi connectivity index (χ1n) is 10.9. The second-order valence-corrected chi connectivity index (χ2v) is 8.95. The van der Waals surface area contributed by atoms with Gasteiger partial charge in [-0.15, -0.1) is 0 Å². The van der Waals surface area contributed by atoms with E-state index in [0.29, 0.717) is 29.0 Å². The maximum atomic E-state index is 13.1. The zero-order valence-corrected chi connectivity index (χ0v) is 20.8. The lowest BCUT2D eigenvalue weighted by Crippen LogP contribution is -2.31. The molecule has 0 aliphatic carbocycles. The van der Waals surface area contributed by atoms with E-state index in [1.54, 1.807) is 56.7 Å². The van der Waals surface area contributed by atoms with E-state index in [0.717, 1.165) is 10.0 Å². The number of carbonyl (C=O) groups excluding carboxylic acids is 2. The Morgan fingerprint density at radius 2 is 1.69 bits per heavy atom. The van der Waals surface area contributed by atoms with Crippen LogP contribution in [0.5, 0.6) is 17.2 Å². The molecule has 1 aliphatic rings. The van der Waals surface area contributed by atoms with Gasteiger partial charge in [-0.3, -0.25) is 9.59 Å². The summed E-state index contributed by atoms with van der Waals surface area (Å²) in [5.41, 5.74) is 1.80. The van der Waals surface area contributed by atoms with Gasteiger partial charge in [0.2, 0.25) is 0 Å². The fraction of sp³-hybridized carbons (Fsp3) is 0.185. The molecule has 1 fully saturated rings. The van der Waals surface area contributed by atoms with Gasteiger partial charge in [0.25, 0.3) is 11.7 Å². The Morgan fingerprint density at radius 1 is 0.971 bits per heavy atom. The minimum absolute atomic E-state index is 0.00313. The van der Waals surface area contributed by atoms with Gasteiger partial charge < -0.3 is 24.6 Å². The minimum Gasteiger partial charge on any atom is -0.508 e. The molecule has 1 atom stereocenters. The van der Waals surface area contributed by atoms with Crippen molar-refractivity contribution in [2.24, 2.45) is 0 Å². The molecule has 0 saturated carbocycles. The maximum absolute atomic E-state index is 13.1. The Kier molecular flexibility index (Phi) is 7.12. The molecule has 1 saturated heterocycles. The number of Topliss-reactive ketones (excluding diaryl/α,β-unsaturated/α-hetero) is 1. The molecule has 1 heterocycles. The molecule has 1 amide bonds. The van der Waals surface area contributed by atoms with Crippen LogP contribution in [0, 0.1) is 0 Å². The summed E-state index contributed by atoms with van der Waals surface area (Å²) in [6, 6.07) is 17.8. The Labute approximate surface area is 211 Å². The van der Waals surface area contributed by atoms with Crippen LogP contribution in [0.2, 0.25) is 0 Å². The number of carbonyl (C=O) groups is 2. The van der Waals surface area contributed by atoms with Gasteiger partial charge in [-0.2, -0.15) is 0 Å². The third-order valence-corrected chi connectivity index (χ3v) is 6.46. The van der Waals surface area contributed by atoms with E-state index in [1.165, 1.54) is 17.0 Å². The summed E-state index contributed by atoms with van der Waals surface area (Å²) in [5, 5.41) is 21.2. The zero-order valence-electron chi connectivity index (χ0n) is 19.2. The van der Waals surface area contributed by atoms with Crippen LogP contribution in [0.1, 0.15) is 22.7 Å². The SMILES string of the molecule is COc1ccc(CCN2C(=O)C(=O)/C(=C(\O)c3ccc(Br)cc3)C2c2cccc(O)c2)cc1OC. The van der Waals surface area contributed by atoms with Crippen molar-refractivity contribution >= 4 is 33.4 Å².